The summed E-state index contributed by atoms with van der Waals surface area (Å²) in [7, 11) is 0. The number of hydrogen-bond donors (Lipinski definition) is 2. The van der Waals surface area contributed by atoms with Crippen molar-refractivity contribution in [3.05, 3.63) is 59.7 Å². The molecule has 3 N–H and O–H groups in total. The van der Waals surface area contributed by atoms with E-state index in [1.165, 1.54) is 30.3 Å². The number of benzene rings is 2. The van der Waals surface area contributed by atoms with Gasteiger partial charge in [0.15, 0.2) is 0 Å². The second kappa shape index (κ2) is 6.05. The number of halogens is 3. The first kappa shape index (κ1) is 15.2. The topological polar surface area (TPSA) is 55.5 Å². The summed E-state index contributed by atoms with van der Waals surface area (Å²) in [6.07, 6.45) is -4.47. The monoisotopic (exact) mass is 297 g/mol. The van der Waals surface area contributed by atoms with Crippen LogP contribution in [0.25, 0.3) is 0 Å². The quantitative estimate of drug-likeness (QED) is 0.908. The van der Waals surface area contributed by atoms with E-state index < -0.39 is 17.8 Å². The van der Waals surface area contributed by atoms with Crippen molar-refractivity contribution < 1.29 is 23.0 Å². The van der Waals surface area contributed by atoms with Gasteiger partial charge >= 0.3 is 6.18 Å². The molecule has 2 aromatic carbocycles. The summed E-state index contributed by atoms with van der Waals surface area (Å²) in [5, 5.41) is 9.18. The van der Waals surface area contributed by atoms with Crippen LogP contribution in [0.15, 0.2) is 48.5 Å². The van der Waals surface area contributed by atoms with E-state index >= 15 is 0 Å². The molecule has 0 saturated heterocycles. The number of hydrogen-bond acceptors (Lipinski definition) is 3. The molecule has 0 aliphatic heterocycles. The molecule has 0 saturated carbocycles. The third kappa shape index (κ3) is 3.88. The van der Waals surface area contributed by atoms with Gasteiger partial charge in [0, 0.05) is 0 Å². The SMILES string of the molecule is NC(COc1ccccc1C(F)(F)F)c1ccc(O)cc1. The average molecular weight is 297 g/mol. The number of para-hydroxylation sites is 1. The van der Waals surface area contributed by atoms with Crippen molar-refractivity contribution in [1.82, 2.24) is 0 Å². The molecule has 1 unspecified atom stereocenters. The number of phenolic OH excluding ortho intramolecular Hbond substituents is 1. The second-order valence-electron chi connectivity index (χ2n) is 4.50. The van der Waals surface area contributed by atoms with Crippen LogP contribution < -0.4 is 10.5 Å². The lowest BCUT2D eigenvalue weighted by Crippen LogP contribution is -2.20. The van der Waals surface area contributed by atoms with Gasteiger partial charge in [0.25, 0.3) is 0 Å². The Bertz CT molecular complexity index is 597. The maximum atomic E-state index is 12.8. The minimum absolute atomic E-state index is 0.0919. The highest BCUT2D eigenvalue weighted by atomic mass is 19.4. The van der Waals surface area contributed by atoms with Gasteiger partial charge in [0.2, 0.25) is 0 Å². The maximum Gasteiger partial charge on any atom is 0.419 e. The van der Waals surface area contributed by atoms with Crippen LogP contribution in [0, 0.1) is 0 Å². The van der Waals surface area contributed by atoms with Crippen molar-refractivity contribution in [2.75, 3.05) is 6.61 Å². The van der Waals surface area contributed by atoms with Crippen LogP contribution in [-0.4, -0.2) is 11.7 Å². The number of nitrogens with two attached hydrogens (primary N) is 1. The fourth-order valence-electron chi connectivity index (χ4n) is 1.82. The molecular weight excluding hydrogens is 283 g/mol. The molecule has 112 valence electrons. The largest absolute Gasteiger partial charge is 0.508 e. The normalized spacial score (nSPS) is 13.0. The third-order valence-electron chi connectivity index (χ3n) is 2.93. The summed E-state index contributed by atoms with van der Waals surface area (Å²) < 4.78 is 43.6. The van der Waals surface area contributed by atoms with Crippen LogP contribution in [0.2, 0.25) is 0 Å². The predicted octanol–water partition coefficient (Wildman–Crippen LogP) is 3.49. The Balaban J connectivity index is 2.08. The highest BCUT2D eigenvalue weighted by Crippen LogP contribution is 2.36. The molecule has 0 aliphatic rings. The third-order valence-corrected chi connectivity index (χ3v) is 2.93. The van der Waals surface area contributed by atoms with Crippen LogP contribution in [0.3, 0.4) is 0 Å². The van der Waals surface area contributed by atoms with Gasteiger partial charge in [-0.2, -0.15) is 13.2 Å². The first-order valence-electron chi connectivity index (χ1n) is 6.21. The first-order valence-corrected chi connectivity index (χ1v) is 6.21. The maximum absolute atomic E-state index is 12.8. The molecule has 6 heteroatoms. The van der Waals surface area contributed by atoms with E-state index in [4.69, 9.17) is 10.5 Å². The molecule has 1 atom stereocenters. The average Bonchev–Trinajstić information content (AvgIpc) is 2.45. The fourth-order valence-corrected chi connectivity index (χ4v) is 1.82. The molecule has 21 heavy (non-hydrogen) atoms. The first-order chi connectivity index (χ1) is 9.88. The standard InChI is InChI=1S/C15H14F3NO2/c16-15(17,18)12-3-1-2-4-14(12)21-9-13(19)10-5-7-11(20)8-6-10/h1-8,13,20H,9,19H2. The van der Waals surface area contributed by atoms with Crippen molar-refractivity contribution >= 4 is 0 Å². The van der Waals surface area contributed by atoms with E-state index in [2.05, 4.69) is 0 Å². The van der Waals surface area contributed by atoms with Gasteiger partial charge in [-0.3, -0.25) is 0 Å². The molecule has 0 aliphatic carbocycles. The molecule has 3 nitrogen and oxygen atoms in total. The molecule has 0 aromatic heterocycles. The van der Waals surface area contributed by atoms with E-state index in [-0.39, 0.29) is 18.1 Å². The van der Waals surface area contributed by atoms with E-state index in [1.54, 1.807) is 12.1 Å². The van der Waals surface area contributed by atoms with E-state index in [0.29, 0.717) is 5.56 Å². The zero-order chi connectivity index (χ0) is 15.5. The Morgan fingerprint density at radius 3 is 2.29 bits per heavy atom. The molecule has 0 fully saturated rings. The summed E-state index contributed by atoms with van der Waals surface area (Å²) in [4.78, 5) is 0. The smallest absolute Gasteiger partial charge is 0.419 e. The van der Waals surface area contributed by atoms with E-state index in [0.717, 1.165) is 6.07 Å². The molecule has 2 rings (SSSR count). The van der Waals surface area contributed by atoms with E-state index in [9.17, 15) is 18.3 Å². The number of aromatic hydroxyl groups is 1. The Morgan fingerprint density at radius 1 is 1.05 bits per heavy atom. The lowest BCUT2D eigenvalue weighted by atomic mass is 10.1. The van der Waals surface area contributed by atoms with Crippen molar-refractivity contribution in [3.63, 3.8) is 0 Å². The van der Waals surface area contributed by atoms with Crippen LogP contribution in [0.5, 0.6) is 11.5 Å². The van der Waals surface area contributed by atoms with Gasteiger partial charge in [-0.05, 0) is 29.8 Å². The van der Waals surface area contributed by atoms with Gasteiger partial charge in [-0.15, -0.1) is 0 Å². The lowest BCUT2D eigenvalue weighted by Gasteiger charge is -2.17. The van der Waals surface area contributed by atoms with Gasteiger partial charge in [0.05, 0.1) is 11.6 Å². The Morgan fingerprint density at radius 2 is 1.67 bits per heavy atom. The van der Waals surface area contributed by atoms with Crippen molar-refractivity contribution in [2.45, 2.75) is 12.2 Å². The van der Waals surface area contributed by atoms with Crippen molar-refractivity contribution in [1.29, 1.82) is 0 Å². The predicted molar refractivity (Wildman–Crippen MR) is 72.0 cm³/mol. The summed E-state index contributed by atoms with van der Waals surface area (Å²) >= 11 is 0. The minimum Gasteiger partial charge on any atom is -0.508 e. The highest BCUT2D eigenvalue weighted by molar-refractivity contribution is 5.36. The summed E-state index contributed by atoms with van der Waals surface area (Å²) in [5.41, 5.74) is 5.70. The van der Waals surface area contributed by atoms with Crippen LogP contribution in [0.4, 0.5) is 13.2 Å². The Hall–Kier alpha value is -2.21. The summed E-state index contributed by atoms with van der Waals surface area (Å²) in [6.45, 7) is -0.0993. The molecule has 0 bridgehead atoms. The van der Waals surface area contributed by atoms with Crippen molar-refractivity contribution in [3.8, 4) is 11.5 Å². The van der Waals surface area contributed by atoms with E-state index in [1.807, 2.05) is 0 Å². The number of ether oxygens (including phenoxy) is 1. The number of alkyl halides is 3. The molecule has 2 aromatic rings. The highest BCUT2D eigenvalue weighted by Gasteiger charge is 2.34. The zero-order valence-corrected chi connectivity index (χ0v) is 11.0. The molecule has 0 spiro atoms. The van der Waals surface area contributed by atoms with Gasteiger partial charge < -0.3 is 15.6 Å². The van der Waals surface area contributed by atoms with Crippen molar-refractivity contribution in [2.24, 2.45) is 5.73 Å². The molecule has 0 radical (unpaired) electrons. The van der Waals surface area contributed by atoms with Crippen LogP contribution >= 0.6 is 0 Å². The van der Waals surface area contributed by atoms with Gasteiger partial charge in [-0.1, -0.05) is 24.3 Å². The number of phenols is 1. The Labute approximate surface area is 119 Å². The summed E-state index contributed by atoms with van der Waals surface area (Å²) in [6, 6.07) is 10.5. The number of rotatable bonds is 4. The fraction of sp³-hybridized carbons (Fsp3) is 0.200. The Kier molecular flexibility index (Phi) is 4.37. The molecule has 0 amide bonds. The minimum atomic E-state index is -4.47. The molecular formula is C15H14F3NO2. The second-order valence-corrected chi connectivity index (χ2v) is 4.50. The summed E-state index contributed by atoms with van der Waals surface area (Å²) in [5.74, 6) is -0.159. The zero-order valence-electron chi connectivity index (χ0n) is 11.0. The van der Waals surface area contributed by atoms with Crippen LogP contribution in [0.1, 0.15) is 17.2 Å². The van der Waals surface area contributed by atoms with Gasteiger partial charge in [-0.25, -0.2) is 0 Å². The van der Waals surface area contributed by atoms with Crippen LogP contribution in [-0.2, 0) is 6.18 Å². The molecule has 0 heterocycles. The lowest BCUT2D eigenvalue weighted by molar-refractivity contribution is -0.139. The van der Waals surface area contributed by atoms with Gasteiger partial charge in [0.1, 0.15) is 18.1 Å².